The summed E-state index contributed by atoms with van der Waals surface area (Å²) in [5.41, 5.74) is 3.28. The summed E-state index contributed by atoms with van der Waals surface area (Å²) in [5.74, 6) is -1.43. The molecule has 1 aliphatic rings. The Labute approximate surface area is 162 Å². The van der Waals surface area contributed by atoms with Crippen molar-refractivity contribution in [1.82, 2.24) is 4.90 Å². The fourth-order valence-corrected chi connectivity index (χ4v) is 3.60. The molecular formula is C23H19FN2O2. The molecule has 0 aliphatic carbocycles. The van der Waals surface area contributed by atoms with Crippen LogP contribution in [-0.2, 0) is 4.79 Å². The molecule has 0 bridgehead atoms. The van der Waals surface area contributed by atoms with Gasteiger partial charge in [-0.25, -0.2) is 4.39 Å². The number of anilines is 1. The van der Waals surface area contributed by atoms with Gasteiger partial charge < -0.3 is 10.2 Å². The van der Waals surface area contributed by atoms with Crippen LogP contribution < -0.4 is 5.32 Å². The van der Waals surface area contributed by atoms with Gasteiger partial charge in [0.25, 0.3) is 5.91 Å². The molecule has 3 aromatic carbocycles. The van der Waals surface area contributed by atoms with Crippen molar-refractivity contribution < 1.29 is 14.0 Å². The van der Waals surface area contributed by atoms with E-state index in [0.717, 1.165) is 16.7 Å². The number of nitrogens with one attached hydrogen (secondary N) is 1. The smallest absolute Gasteiger partial charge is 0.258 e. The summed E-state index contributed by atoms with van der Waals surface area (Å²) in [4.78, 5) is 27.3. The molecule has 4 nitrogen and oxygen atoms in total. The molecule has 1 N–H and O–H groups in total. The first kappa shape index (κ1) is 17.9. The van der Waals surface area contributed by atoms with Crippen molar-refractivity contribution >= 4 is 17.5 Å². The molecule has 1 heterocycles. The van der Waals surface area contributed by atoms with Gasteiger partial charge in [-0.05, 0) is 30.7 Å². The lowest BCUT2D eigenvalue weighted by Crippen LogP contribution is -2.39. The number of amides is 2. The molecule has 1 atom stereocenters. The third kappa shape index (κ3) is 3.27. The zero-order valence-electron chi connectivity index (χ0n) is 15.4. The minimum atomic E-state index is -0.603. The summed E-state index contributed by atoms with van der Waals surface area (Å²) in [6.45, 7) is 1.79. The maximum atomic E-state index is 14.3. The van der Waals surface area contributed by atoms with Gasteiger partial charge in [0.1, 0.15) is 12.4 Å². The van der Waals surface area contributed by atoms with Crippen LogP contribution in [-0.4, -0.2) is 23.3 Å². The molecule has 0 unspecified atom stereocenters. The molecule has 5 heteroatoms. The molecule has 140 valence electrons. The van der Waals surface area contributed by atoms with Crippen LogP contribution in [0.2, 0.25) is 0 Å². The van der Waals surface area contributed by atoms with Gasteiger partial charge in [-0.15, -0.1) is 0 Å². The van der Waals surface area contributed by atoms with E-state index in [4.69, 9.17) is 0 Å². The van der Waals surface area contributed by atoms with Gasteiger partial charge in [0.2, 0.25) is 5.91 Å². The molecule has 4 rings (SSSR count). The first-order valence-electron chi connectivity index (χ1n) is 9.05. The van der Waals surface area contributed by atoms with Crippen molar-refractivity contribution in [3.8, 4) is 0 Å². The van der Waals surface area contributed by atoms with Gasteiger partial charge in [0.15, 0.2) is 0 Å². The van der Waals surface area contributed by atoms with Gasteiger partial charge >= 0.3 is 0 Å². The number of carbonyl (C=O) groups is 2. The van der Waals surface area contributed by atoms with Gasteiger partial charge in [0, 0.05) is 11.3 Å². The highest BCUT2D eigenvalue weighted by Gasteiger charge is 2.34. The van der Waals surface area contributed by atoms with Gasteiger partial charge in [-0.2, -0.15) is 0 Å². The lowest BCUT2D eigenvalue weighted by molar-refractivity contribution is -0.117. The monoisotopic (exact) mass is 374 g/mol. The third-order valence-electron chi connectivity index (χ3n) is 4.88. The van der Waals surface area contributed by atoms with Crippen molar-refractivity contribution in [2.24, 2.45) is 0 Å². The van der Waals surface area contributed by atoms with E-state index in [1.54, 1.807) is 6.07 Å². The number of carbonyl (C=O) groups excluding carboxylic acids is 2. The molecule has 0 radical (unpaired) electrons. The Bertz CT molecular complexity index is 1050. The summed E-state index contributed by atoms with van der Waals surface area (Å²) in [7, 11) is 0. The number of hydrogen-bond donors (Lipinski definition) is 1. The summed E-state index contributed by atoms with van der Waals surface area (Å²) >= 11 is 0. The minimum Gasteiger partial charge on any atom is -0.324 e. The highest BCUT2D eigenvalue weighted by Crippen LogP contribution is 2.37. The van der Waals surface area contributed by atoms with Crippen LogP contribution in [0.4, 0.5) is 10.1 Å². The largest absolute Gasteiger partial charge is 0.324 e. The van der Waals surface area contributed by atoms with Crippen molar-refractivity contribution in [1.29, 1.82) is 0 Å². The lowest BCUT2D eigenvalue weighted by atomic mass is 9.94. The molecule has 0 saturated heterocycles. The molecule has 0 fully saturated rings. The van der Waals surface area contributed by atoms with E-state index in [0.29, 0.717) is 5.69 Å². The SMILES string of the molecule is Cc1ccc2c(c1)[C@@H](c1ccccc1)N(C(=O)c1ccccc1F)CC(=O)N2. The lowest BCUT2D eigenvalue weighted by Gasteiger charge is -2.31. The zero-order valence-corrected chi connectivity index (χ0v) is 15.4. The number of rotatable bonds is 2. The standard InChI is InChI=1S/C23H19FN2O2/c1-15-11-12-20-18(13-15)22(16-7-3-2-4-8-16)26(14-21(27)25-20)23(28)17-9-5-6-10-19(17)24/h2-13,22H,14H2,1H3,(H,25,27)/t22-/m1/s1. The molecule has 0 saturated carbocycles. The van der Waals surface area contributed by atoms with Crippen LogP contribution in [0, 0.1) is 12.7 Å². The molecule has 28 heavy (non-hydrogen) atoms. The second-order valence-electron chi connectivity index (χ2n) is 6.87. The van der Waals surface area contributed by atoms with E-state index in [9.17, 15) is 14.0 Å². The zero-order chi connectivity index (χ0) is 19.7. The Balaban J connectivity index is 1.91. The minimum absolute atomic E-state index is 0.0488. The first-order valence-corrected chi connectivity index (χ1v) is 9.05. The number of aryl methyl sites for hydroxylation is 1. The average Bonchev–Trinajstić information content (AvgIpc) is 2.84. The van der Waals surface area contributed by atoms with E-state index in [1.165, 1.54) is 23.1 Å². The highest BCUT2D eigenvalue weighted by atomic mass is 19.1. The van der Waals surface area contributed by atoms with Crippen LogP contribution in [0.25, 0.3) is 0 Å². The number of halogens is 1. The van der Waals surface area contributed by atoms with Gasteiger partial charge in [-0.1, -0.05) is 60.2 Å². The van der Waals surface area contributed by atoms with E-state index < -0.39 is 17.8 Å². The number of fused-ring (bicyclic) bond motifs is 1. The second kappa shape index (κ2) is 7.27. The van der Waals surface area contributed by atoms with E-state index in [2.05, 4.69) is 5.32 Å². The quantitative estimate of drug-likeness (QED) is 0.726. The number of nitrogens with zero attached hydrogens (tertiary/aromatic N) is 1. The molecule has 3 aromatic rings. The summed E-state index contributed by atoms with van der Waals surface area (Å²) < 4.78 is 14.3. The van der Waals surface area contributed by atoms with Crippen molar-refractivity contribution in [2.75, 3.05) is 11.9 Å². The van der Waals surface area contributed by atoms with Crippen LogP contribution in [0.3, 0.4) is 0 Å². The van der Waals surface area contributed by atoms with Crippen LogP contribution >= 0.6 is 0 Å². The Morgan fingerprint density at radius 2 is 1.75 bits per heavy atom. The third-order valence-corrected chi connectivity index (χ3v) is 4.88. The van der Waals surface area contributed by atoms with Crippen LogP contribution in [0.15, 0.2) is 72.8 Å². The van der Waals surface area contributed by atoms with Crippen molar-refractivity contribution in [3.63, 3.8) is 0 Å². The van der Waals surface area contributed by atoms with E-state index >= 15 is 0 Å². The average molecular weight is 374 g/mol. The Morgan fingerprint density at radius 1 is 1.04 bits per heavy atom. The molecule has 0 spiro atoms. The fourth-order valence-electron chi connectivity index (χ4n) is 3.60. The van der Waals surface area contributed by atoms with Crippen LogP contribution in [0.5, 0.6) is 0 Å². The molecular weight excluding hydrogens is 355 g/mol. The van der Waals surface area contributed by atoms with Crippen molar-refractivity contribution in [2.45, 2.75) is 13.0 Å². The van der Waals surface area contributed by atoms with Gasteiger partial charge in [0.05, 0.1) is 11.6 Å². The van der Waals surface area contributed by atoms with Crippen molar-refractivity contribution in [3.05, 3.63) is 101 Å². The summed E-state index contributed by atoms with van der Waals surface area (Å²) in [6.07, 6.45) is 0. The van der Waals surface area contributed by atoms with Crippen LogP contribution in [0.1, 0.15) is 33.1 Å². The molecule has 1 aliphatic heterocycles. The van der Waals surface area contributed by atoms with E-state index in [-0.39, 0.29) is 18.0 Å². The normalized spacial score (nSPS) is 16.1. The molecule has 0 aromatic heterocycles. The molecule has 2 amide bonds. The predicted molar refractivity (Wildman–Crippen MR) is 106 cm³/mol. The maximum Gasteiger partial charge on any atom is 0.258 e. The second-order valence-corrected chi connectivity index (χ2v) is 6.87. The topological polar surface area (TPSA) is 49.4 Å². The summed E-state index contributed by atoms with van der Waals surface area (Å²) in [6, 6.07) is 20.5. The maximum absolute atomic E-state index is 14.3. The highest BCUT2D eigenvalue weighted by molar-refractivity contribution is 6.01. The predicted octanol–water partition coefficient (Wildman–Crippen LogP) is 4.32. The first-order chi connectivity index (χ1) is 13.5. The number of benzene rings is 3. The van der Waals surface area contributed by atoms with E-state index in [1.807, 2.05) is 55.5 Å². The Kier molecular flexibility index (Phi) is 4.65. The van der Waals surface area contributed by atoms with Gasteiger partial charge in [-0.3, -0.25) is 9.59 Å². The Morgan fingerprint density at radius 3 is 2.50 bits per heavy atom. The fraction of sp³-hybridized carbons (Fsp3) is 0.130. The number of hydrogen-bond acceptors (Lipinski definition) is 2. The summed E-state index contributed by atoms with van der Waals surface area (Å²) in [5, 5.41) is 2.87. The Hall–Kier alpha value is -3.47.